The van der Waals surface area contributed by atoms with E-state index in [0.29, 0.717) is 25.5 Å². The Labute approximate surface area is 91.7 Å². The third-order valence-electron chi connectivity index (χ3n) is 1.95. The van der Waals surface area contributed by atoms with Crippen molar-refractivity contribution in [1.29, 1.82) is 0 Å². The quantitative estimate of drug-likeness (QED) is 0.175. The summed E-state index contributed by atoms with van der Waals surface area (Å²) in [5.41, 5.74) is 5.30. The maximum Gasteiger partial charge on any atom is 0.140 e. The number of hydrogen-bond acceptors (Lipinski definition) is 4. The van der Waals surface area contributed by atoms with Crippen molar-refractivity contribution < 1.29 is 9.94 Å². The molecule has 0 spiro atoms. The molecule has 0 saturated heterocycles. The second kappa shape index (κ2) is 9.73. The van der Waals surface area contributed by atoms with Crippen LogP contribution < -0.4 is 11.1 Å². The zero-order valence-electron chi connectivity index (χ0n) is 9.70. The average molecular weight is 217 g/mol. The molecule has 4 N–H and O–H groups in total. The largest absolute Gasteiger partial charge is 0.409 e. The van der Waals surface area contributed by atoms with Gasteiger partial charge in [-0.1, -0.05) is 19.0 Å². The molecule has 0 rings (SSSR count). The van der Waals surface area contributed by atoms with Gasteiger partial charge in [0.2, 0.25) is 0 Å². The fourth-order valence-electron chi connectivity index (χ4n) is 0.957. The van der Waals surface area contributed by atoms with Crippen molar-refractivity contribution in [3.05, 3.63) is 0 Å². The summed E-state index contributed by atoms with van der Waals surface area (Å²) in [6.07, 6.45) is 1.66. The van der Waals surface area contributed by atoms with E-state index < -0.39 is 0 Å². The second-order valence-electron chi connectivity index (χ2n) is 3.89. The van der Waals surface area contributed by atoms with Crippen molar-refractivity contribution in [2.75, 3.05) is 26.3 Å². The van der Waals surface area contributed by atoms with Crippen LogP contribution in [0.4, 0.5) is 0 Å². The lowest BCUT2D eigenvalue weighted by Gasteiger charge is -2.07. The maximum absolute atomic E-state index is 8.27. The minimum absolute atomic E-state index is 0.253. The zero-order chi connectivity index (χ0) is 11.5. The summed E-state index contributed by atoms with van der Waals surface area (Å²) >= 11 is 0. The van der Waals surface area contributed by atoms with Crippen LogP contribution in [0.1, 0.15) is 26.7 Å². The summed E-state index contributed by atoms with van der Waals surface area (Å²) in [6.45, 7) is 7.40. The molecule has 0 aromatic heterocycles. The van der Waals surface area contributed by atoms with Gasteiger partial charge in [-0.2, -0.15) is 0 Å². The number of ether oxygens (including phenoxy) is 1. The maximum atomic E-state index is 8.27. The van der Waals surface area contributed by atoms with E-state index in [1.54, 1.807) is 0 Å². The second-order valence-corrected chi connectivity index (χ2v) is 3.89. The van der Waals surface area contributed by atoms with Gasteiger partial charge < -0.3 is 21.0 Å². The highest BCUT2D eigenvalue weighted by atomic mass is 16.5. The molecule has 15 heavy (non-hydrogen) atoms. The Balaban J connectivity index is 3.05. The topological polar surface area (TPSA) is 79.9 Å². The van der Waals surface area contributed by atoms with E-state index in [1.165, 1.54) is 0 Å². The van der Waals surface area contributed by atoms with Crippen molar-refractivity contribution in [3.63, 3.8) is 0 Å². The van der Waals surface area contributed by atoms with E-state index in [2.05, 4.69) is 24.3 Å². The number of nitrogens with two attached hydrogens (primary N) is 1. The molecular formula is C10H23N3O2. The molecule has 90 valence electrons. The van der Waals surface area contributed by atoms with Crippen LogP contribution in [0.5, 0.6) is 0 Å². The summed E-state index contributed by atoms with van der Waals surface area (Å²) in [5, 5.41) is 14.3. The average Bonchev–Trinajstić information content (AvgIpc) is 2.21. The third-order valence-corrected chi connectivity index (χ3v) is 1.95. The van der Waals surface area contributed by atoms with Gasteiger partial charge in [0, 0.05) is 26.1 Å². The molecule has 5 heteroatoms. The van der Waals surface area contributed by atoms with Crippen LogP contribution in [-0.4, -0.2) is 37.3 Å². The van der Waals surface area contributed by atoms with Crippen LogP contribution in [0, 0.1) is 5.92 Å². The Morgan fingerprint density at radius 1 is 1.40 bits per heavy atom. The van der Waals surface area contributed by atoms with E-state index in [1.807, 2.05) is 0 Å². The number of amidine groups is 1. The van der Waals surface area contributed by atoms with Gasteiger partial charge in [-0.15, -0.1) is 0 Å². The van der Waals surface area contributed by atoms with Crippen molar-refractivity contribution in [1.82, 2.24) is 5.32 Å². The molecule has 0 aromatic rings. The normalized spacial score (nSPS) is 12.3. The molecule has 0 aliphatic heterocycles. The summed E-state index contributed by atoms with van der Waals surface area (Å²) in [4.78, 5) is 0. The molecular weight excluding hydrogens is 194 g/mol. The van der Waals surface area contributed by atoms with Gasteiger partial charge in [-0.25, -0.2) is 0 Å². The van der Waals surface area contributed by atoms with Gasteiger partial charge in [0.15, 0.2) is 0 Å². The molecule has 0 amide bonds. The summed E-state index contributed by atoms with van der Waals surface area (Å²) in [5.74, 6) is 0.946. The van der Waals surface area contributed by atoms with E-state index in [0.717, 1.165) is 19.6 Å². The molecule has 0 aromatic carbocycles. The first kappa shape index (κ1) is 14.2. The Bertz CT molecular complexity index is 172. The van der Waals surface area contributed by atoms with Gasteiger partial charge >= 0.3 is 0 Å². The van der Waals surface area contributed by atoms with Crippen molar-refractivity contribution >= 4 is 5.84 Å². The lowest BCUT2D eigenvalue weighted by Crippen LogP contribution is -2.25. The Kier molecular flexibility index (Phi) is 9.21. The first-order chi connectivity index (χ1) is 7.16. The van der Waals surface area contributed by atoms with Crippen molar-refractivity contribution in [3.8, 4) is 0 Å². The van der Waals surface area contributed by atoms with Gasteiger partial charge in [0.05, 0.1) is 6.61 Å². The van der Waals surface area contributed by atoms with E-state index in [9.17, 15) is 0 Å². The number of oxime groups is 1. The lowest BCUT2D eigenvalue weighted by molar-refractivity contribution is 0.125. The van der Waals surface area contributed by atoms with Crippen molar-refractivity contribution in [2.45, 2.75) is 26.7 Å². The van der Waals surface area contributed by atoms with Crippen LogP contribution >= 0.6 is 0 Å². The summed E-state index contributed by atoms with van der Waals surface area (Å²) in [6, 6.07) is 0. The van der Waals surface area contributed by atoms with Crippen LogP contribution in [0.25, 0.3) is 0 Å². The fourth-order valence-corrected chi connectivity index (χ4v) is 0.957. The van der Waals surface area contributed by atoms with E-state index in [4.69, 9.17) is 15.7 Å². The standard InChI is InChI=1S/C10H23N3O2/c1-9(2)4-7-15-8-6-12-5-3-10(11)13-14/h9,12,14H,3-8H2,1-2H3,(H2,11,13). The van der Waals surface area contributed by atoms with E-state index in [-0.39, 0.29) is 5.84 Å². The van der Waals surface area contributed by atoms with Gasteiger partial charge in [0.25, 0.3) is 0 Å². The summed E-state index contributed by atoms with van der Waals surface area (Å²) in [7, 11) is 0. The van der Waals surface area contributed by atoms with Gasteiger partial charge in [-0.05, 0) is 12.3 Å². The monoisotopic (exact) mass is 217 g/mol. The summed E-state index contributed by atoms with van der Waals surface area (Å²) < 4.78 is 5.40. The molecule has 0 saturated carbocycles. The smallest absolute Gasteiger partial charge is 0.140 e. The highest BCUT2D eigenvalue weighted by molar-refractivity contribution is 5.79. The highest BCUT2D eigenvalue weighted by Gasteiger charge is 1.95. The minimum Gasteiger partial charge on any atom is -0.409 e. The molecule has 0 unspecified atom stereocenters. The molecule has 0 fully saturated rings. The molecule has 5 nitrogen and oxygen atoms in total. The number of nitrogens with one attached hydrogen (secondary N) is 1. The van der Waals surface area contributed by atoms with Crippen molar-refractivity contribution in [2.24, 2.45) is 16.8 Å². The fraction of sp³-hybridized carbons (Fsp3) is 0.900. The van der Waals surface area contributed by atoms with Gasteiger partial charge in [0.1, 0.15) is 5.84 Å². The SMILES string of the molecule is CC(C)CCOCCNCCC(N)=NO. The van der Waals surface area contributed by atoms with Crippen LogP contribution in [0.15, 0.2) is 5.16 Å². The van der Waals surface area contributed by atoms with Crippen LogP contribution in [0.2, 0.25) is 0 Å². The van der Waals surface area contributed by atoms with Crippen LogP contribution in [0.3, 0.4) is 0 Å². The Hall–Kier alpha value is -0.810. The zero-order valence-corrected chi connectivity index (χ0v) is 9.70. The Morgan fingerprint density at radius 3 is 2.73 bits per heavy atom. The van der Waals surface area contributed by atoms with Gasteiger partial charge in [-0.3, -0.25) is 0 Å². The molecule has 0 heterocycles. The molecule has 0 atom stereocenters. The third kappa shape index (κ3) is 11.1. The molecule has 0 aliphatic rings. The first-order valence-corrected chi connectivity index (χ1v) is 5.41. The number of rotatable bonds is 9. The Morgan fingerprint density at radius 2 is 2.13 bits per heavy atom. The molecule has 0 radical (unpaired) electrons. The highest BCUT2D eigenvalue weighted by Crippen LogP contribution is 1.98. The lowest BCUT2D eigenvalue weighted by atomic mass is 10.1. The molecule has 0 bridgehead atoms. The number of nitrogens with zero attached hydrogens (tertiary/aromatic N) is 1. The first-order valence-electron chi connectivity index (χ1n) is 5.41. The molecule has 0 aliphatic carbocycles. The predicted molar refractivity (Wildman–Crippen MR) is 61.2 cm³/mol. The minimum atomic E-state index is 0.253. The van der Waals surface area contributed by atoms with E-state index >= 15 is 0 Å². The number of hydrogen-bond donors (Lipinski definition) is 3. The predicted octanol–water partition coefficient (Wildman–Crippen LogP) is 0.775. The van der Waals surface area contributed by atoms with Crippen LogP contribution in [-0.2, 0) is 4.74 Å².